The number of imidazole rings is 1. The maximum Gasteiger partial charge on any atom is 0.109 e. The number of halogens is 2. The van der Waals surface area contributed by atoms with E-state index in [1.165, 1.54) is 35.4 Å². The summed E-state index contributed by atoms with van der Waals surface area (Å²) in [6, 6.07) is 14.8. The van der Waals surface area contributed by atoms with Crippen LogP contribution in [0.1, 0.15) is 24.2 Å². The molecule has 2 nitrogen and oxygen atoms in total. The number of rotatable bonds is 2. The van der Waals surface area contributed by atoms with Crippen LogP contribution >= 0.6 is 24.0 Å². The number of aryl methyl sites for hydroxylation is 3. The summed E-state index contributed by atoms with van der Waals surface area (Å²) in [6.07, 6.45) is 5.81. The summed E-state index contributed by atoms with van der Waals surface area (Å²) in [7, 11) is 0. The van der Waals surface area contributed by atoms with Gasteiger partial charge >= 0.3 is 0 Å². The molecule has 24 heavy (non-hydrogen) atoms. The average molecular weight is 359 g/mol. The third-order valence-corrected chi connectivity index (χ3v) is 5.00. The quantitative estimate of drug-likeness (QED) is 0.554. The number of hydrogen-bond acceptors (Lipinski definition) is 1. The Hall–Kier alpha value is -1.77. The molecule has 0 saturated carbocycles. The van der Waals surface area contributed by atoms with Crippen molar-refractivity contribution >= 4 is 24.0 Å². The summed E-state index contributed by atoms with van der Waals surface area (Å²) < 4.78 is 2.30. The van der Waals surface area contributed by atoms with Gasteiger partial charge in [0.25, 0.3) is 0 Å². The van der Waals surface area contributed by atoms with Gasteiger partial charge in [0.15, 0.2) is 0 Å². The molecule has 1 aliphatic heterocycles. The molecule has 1 aliphatic rings. The van der Waals surface area contributed by atoms with Crippen molar-refractivity contribution < 1.29 is 0 Å². The lowest BCUT2D eigenvalue weighted by Crippen LogP contribution is -2.08. The second kappa shape index (κ2) is 7.00. The third-order valence-electron chi connectivity index (χ3n) is 4.58. The van der Waals surface area contributed by atoms with Gasteiger partial charge in [-0.15, -0.1) is 12.4 Å². The Morgan fingerprint density at radius 2 is 1.67 bits per heavy atom. The summed E-state index contributed by atoms with van der Waals surface area (Å²) in [6.45, 7) is 3.14. The average Bonchev–Trinajstić information content (AvgIpc) is 3.02. The molecule has 124 valence electrons. The van der Waals surface area contributed by atoms with Gasteiger partial charge < -0.3 is 4.57 Å². The Balaban J connectivity index is 0.00000169. The predicted octanol–water partition coefficient (Wildman–Crippen LogP) is 5.94. The van der Waals surface area contributed by atoms with Crippen LogP contribution < -0.4 is 0 Å². The van der Waals surface area contributed by atoms with Gasteiger partial charge in [0.2, 0.25) is 0 Å². The normalized spacial score (nSPS) is 13.2. The summed E-state index contributed by atoms with van der Waals surface area (Å²) in [4.78, 5) is 4.79. The SMILES string of the molecule is Cc1cc(-c2ccc(-c3cn4c(n3)CCCC4)cc2)ccc1Cl.Cl. The molecule has 0 radical (unpaired) electrons. The van der Waals surface area contributed by atoms with Crippen molar-refractivity contribution in [3.05, 3.63) is 65.1 Å². The first-order chi connectivity index (χ1) is 11.2. The zero-order valence-electron chi connectivity index (χ0n) is 13.6. The third kappa shape index (κ3) is 3.22. The van der Waals surface area contributed by atoms with E-state index in [1.807, 2.05) is 13.0 Å². The highest BCUT2D eigenvalue weighted by atomic mass is 35.5. The van der Waals surface area contributed by atoms with Gasteiger partial charge in [0.1, 0.15) is 5.82 Å². The molecular formula is C20H20Cl2N2. The second-order valence-electron chi connectivity index (χ2n) is 6.23. The number of aromatic nitrogens is 2. The van der Waals surface area contributed by atoms with Gasteiger partial charge in [-0.05, 0) is 48.6 Å². The molecule has 0 fully saturated rings. The molecule has 2 heterocycles. The Kier molecular flexibility index (Phi) is 4.98. The van der Waals surface area contributed by atoms with Crippen molar-refractivity contribution in [2.24, 2.45) is 0 Å². The van der Waals surface area contributed by atoms with Crippen LogP contribution in [-0.4, -0.2) is 9.55 Å². The molecule has 4 rings (SSSR count). The van der Waals surface area contributed by atoms with Crippen LogP contribution in [0.5, 0.6) is 0 Å². The molecular weight excluding hydrogens is 339 g/mol. The number of hydrogen-bond donors (Lipinski definition) is 0. The number of benzene rings is 2. The Morgan fingerprint density at radius 3 is 2.38 bits per heavy atom. The zero-order valence-corrected chi connectivity index (χ0v) is 15.2. The van der Waals surface area contributed by atoms with Gasteiger partial charge in [-0.1, -0.05) is 41.9 Å². The highest BCUT2D eigenvalue weighted by Gasteiger charge is 2.13. The van der Waals surface area contributed by atoms with Crippen LogP contribution in [0.25, 0.3) is 22.4 Å². The molecule has 1 aromatic heterocycles. The smallest absolute Gasteiger partial charge is 0.109 e. The maximum atomic E-state index is 6.11. The van der Waals surface area contributed by atoms with E-state index in [0.717, 1.165) is 29.2 Å². The van der Waals surface area contributed by atoms with Gasteiger partial charge in [0, 0.05) is 29.7 Å². The van der Waals surface area contributed by atoms with Crippen molar-refractivity contribution in [2.45, 2.75) is 32.7 Å². The zero-order chi connectivity index (χ0) is 15.8. The van der Waals surface area contributed by atoms with Gasteiger partial charge in [0.05, 0.1) is 5.69 Å². The minimum atomic E-state index is 0. The monoisotopic (exact) mass is 358 g/mol. The van der Waals surface area contributed by atoms with E-state index < -0.39 is 0 Å². The second-order valence-corrected chi connectivity index (χ2v) is 6.64. The minimum Gasteiger partial charge on any atom is -0.334 e. The first kappa shape index (κ1) is 17.1. The van der Waals surface area contributed by atoms with Crippen molar-refractivity contribution in [3.8, 4) is 22.4 Å². The van der Waals surface area contributed by atoms with E-state index >= 15 is 0 Å². The largest absolute Gasteiger partial charge is 0.334 e. The van der Waals surface area contributed by atoms with Gasteiger partial charge in [-0.25, -0.2) is 4.98 Å². The summed E-state index contributed by atoms with van der Waals surface area (Å²) in [5.41, 5.74) is 5.78. The van der Waals surface area contributed by atoms with Crippen LogP contribution in [-0.2, 0) is 13.0 Å². The topological polar surface area (TPSA) is 17.8 Å². The van der Waals surface area contributed by atoms with Crippen molar-refractivity contribution in [1.29, 1.82) is 0 Å². The molecule has 0 N–H and O–H groups in total. The van der Waals surface area contributed by atoms with Crippen molar-refractivity contribution in [2.75, 3.05) is 0 Å². The lowest BCUT2D eigenvalue weighted by molar-refractivity contribution is 0.522. The van der Waals surface area contributed by atoms with Crippen LogP contribution in [0.4, 0.5) is 0 Å². The van der Waals surface area contributed by atoms with E-state index in [0.29, 0.717) is 0 Å². The van der Waals surface area contributed by atoms with E-state index in [1.54, 1.807) is 0 Å². The summed E-state index contributed by atoms with van der Waals surface area (Å²) in [5, 5.41) is 0.814. The Bertz CT molecular complexity index is 827. The molecule has 0 saturated heterocycles. The highest BCUT2D eigenvalue weighted by Crippen LogP contribution is 2.28. The van der Waals surface area contributed by atoms with Crippen molar-refractivity contribution in [3.63, 3.8) is 0 Å². The predicted molar refractivity (Wildman–Crippen MR) is 103 cm³/mol. The van der Waals surface area contributed by atoms with Crippen LogP contribution in [0.15, 0.2) is 48.7 Å². The first-order valence-electron chi connectivity index (χ1n) is 8.14. The molecule has 4 heteroatoms. The maximum absolute atomic E-state index is 6.11. The Labute approximate surface area is 153 Å². The molecule has 0 aliphatic carbocycles. The molecule has 0 spiro atoms. The van der Waals surface area contributed by atoms with Crippen LogP contribution in [0.3, 0.4) is 0 Å². The van der Waals surface area contributed by atoms with E-state index in [9.17, 15) is 0 Å². The molecule has 0 amide bonds. The lowest BCUT2D eigenvalue weighted by Gasteiger charge is -2.11. The highest BCUT2D eigenvalue weighted by molar-refractivity contribution is 6.31. The van der Waals surface area contributed by atoms with E-state index in [4.69, 9.17) is 16.6 Å². The Morgan fingerprint density at radius 1 is 0.958 bits per heavy atom. The molecule has 0 bridgehead atoms. The molecule has 2 aromatic carbocycles. The van der Waals surface area contributed by atoms with E-state index in [2.05, 4.69) is 47.2 Å². The number of nitrogens with zero attached hydrogens (tertiary/aromatic N) is 2. The first-order valence-corrected chi connectivity index (χ1v) is 8.51. The van der Waals surface area contributed by atoms with Crippen LogP contribution in [0, 0.1) is 6.92 Å². The van der Waals surface area contributed by atoms with Crippen molar-refractivity contribution in [1.82, 2.24) is 9.55 Å². The molecule has 0 unspecified atom stereocenters. The standard InChI is InChI=1S/C20H19ClN2.ClH/c1-14-12-17(9-10-18(14)21)15-5-7-16(8-6-15)19-13-23-11-3-2-4-20(23)22-19;/h5-10,12-13H,2-4,11H2,1H3;1H. The fraction of sp³-hybridized carbons (Fsp3) is 0.250. The molecule has 3 aromatic rings. The summed E-state index contributed by atoms with van der Waals surface area (Å²) in [5.74, 6) is 1.23. The lowest BCUT2D eigenvalue weighted by atomic mass is 10.0. The fourth-order valence-electron chi connectivity index (χ4n) is 3.21. The van der Waals surface area contributed by atoms with Gasteiger partial charge in [-0.2, -0.15) is 0 Å². The molecule has 0 atom stereocenters. The van der Waals surface area contributed by atoms with E-state index in [-0.39, 0.29) is 12.4 Å². The fourth-order valence-corrected chi connectivity index (χ4v) is 3.33. The van der Waals surface area contributed by atoms with Crippen LogP contribution in [0.2, 0.25) is 5.02 Å². The van der Waals surface area contributed by atoms with Gasteiger partial charge in [-0.3, -0.25) is 0 Å². The summed E-state index contributed by atoms with van der Waals surface area (Å²) >= 11 is 6.11. The minimum absolute atomic E-state index is 0. The number of fused-ring (bicyclic) bond motifs is 1.